The maximum atomic E-state index is 10.5. The number of aromatic carboxylic acids is 1. The van der Waals surface area contributed by atoms with E-state index in [4.69, 9.17) is 15.3 Å². The highest BCUT2D eigenvalue weighted by Crippen LogP contribution is 2.14. The van der Waals surface area contributed by atoms with Crippen molar-refractivity contribution in [2.75, 3.05) is 0 Å². The van der Waals surface area contributed by atoms with Crippen LogP contribution in [0.4, 0.5) is 0 Å². The van der Waals surface area contributed by atoms with Crippen LogP contribution in [0, 0.1) is 6.92 Å². The van der Waals surface area contributed by atoms with Gasteiger partial charge < -0.3 is 15.3 Å². The summed E-state index contributed by atoms with van der Waals surface area (Å²) in [5, 5.41) is 8.60. The zero-order chi connectivity index (χ0) is 9.30. The molecule has 0 aliphatic carbocycles. The molecule has 0 spiro atoms. The van der Waals surface area contributed by atoms with Crippen LogP contribution in [0.15, 0.2) is 4.42 Å². The minimum Gasteiger partial charge on any atom is -0.476 e. The summed E-state index contributed by atoms with van der Waals surface area (Å²) in [6.07, 6.45) is 0. The Kier molecular flexibility index (Phi) is 2.14. The van der Waals surface area contributed by atoms with Crippen molar-refractivity contribution < 1.29 is 14.3 Å². The Balaban J connectivity index is 3.09. The third-order valence-electron chi connectivity index (χ3n) is 1.41. The monoisotopic (exact) mass is 170 g/mol. The van der Waals surface area contributed by atoms with Gasteiger partial charge in [0.05, 0.1) is 6.04 Å². The molecule has 12 heavy (non-hydrogen) atoms. The molecule has 0 aliphatic rings. The van der Waals surface area contributed by atoms with E-state index in [1.807, 2.05) is 0 Å². The Bertz CT molecular complexity index is 304. The Labute approximate surface area is 69.2 Å². The van der Waals surface area contributed by atoms with Crippen molar-refractivity contribution in [1.82, 2.24) is 4.98 Å². The average molecular weight is 170 g/mol. The molecule has 0 radical (unpaired) electrons. The van der Waals surface area contributed by atoms with E-state index in [1.54, 1.807) is 13.8 Å². The van der Waals surface area contributed by atoms with Crippen LogP contribution in [0.3, 0.4) is 0 Å². The summed E-state index contributed by atoms with van der Waals surface area (Å²) in [5.74, 6) is -0.553. The molecule has 1 aromatic heterocycles. The fraction of sp³-hybridized carbons (Fsp3) is 0.429. The molecular formula is C7H10N2O3. The van der Waals surface area contributed by atoms with Gasteiger partial charge in [-0.15, -0.1) is 0 Å². The Morgan fingerprint density at radius 2 is 2.33 bits per heavy atom. The fourth-order valence-corrected chi connectivity index (χ4v) is 0.810. The van der Waals surface area contributed by atoms with Gasteiger partial charge in [0.25, 0.3) is 0 Å². The molecule has 1 heterocycles. The van der Waals surface area contributed by atoms with Gasteiger partial charge in [-0.05, 0) is 13.8 Å². The Hall–Kier alpha value is -1.36. The zero-order valence-electron chi connectivity index (χ0n) is 6.87. The number of oxazole rings is 1. The van der Waals surface area contributed by atoms with Crippen molar-refractivity contribution in [1.29, 1.82) is 0 Å². The summed E-state index contributed by atoms with van der Waals surface area (Å²) >= 11 is 0. The molecule has 0 saturated heterocycles. The van der Waals surface area contributed by atoms with Crippen molar-refractivity contribution in [2.45, 2.75) is 19.9 Å². The van der Waals surface area contributed by atoms with Crippen LogP contribution in [0.1, 0.15) is 35.1 Å². The number of nitrogens with two attached hydrogens (primary N) is 1. The molecule has 0 aromatic carbocycles. The quantitative estimate of drug-likeness (QED) is 0.681. The number of nitrogens with zero attached hydrogens (tertiary/aromatic N) is 1. The average Bonchev–Trinajstić information content (AvgIpc) is 2.30. The second-order valence-corrected chi connectivity index (χ2v) is 2.55. The van der Waals surface area contributed by atoms with E-state index in [0.717, 1.165) is 0 Å². The van der Waals surface area contributed by atoms with E-state index in [-0.39, 0.29) is 23.4 Å². The van der Waals surface area contributed by atoms with Gasteiger partial charge in [0.1, 0.15) is 5.76 Å². The lowest BCUT2D eigenvalue weighted by Crippen LogP contribution is -2.06. The van der Waals surface area contributed by atoms with Gasteiger partial charge in [0.15, 0.2) is 5.69 Å². The summed E-state index contributed by atoms with van der Waals surface area (Å²) < 4.78 is 5.02. The first-order valence-corrected chi connectivity index (χ1v) is 3.48. The highest BCUT2D eigenvalue weighted by Gasteiger charge is 2.17. The number of carboxylic acids is 1. The topological polar surface area (TPSA) is 89.4 Å². The van der Waals surface area contributed by atoms with Crippen molar-refractivity contribution >= 4 is 5.97 Å². The molecule has 1 aromatic rings. The van der Waals surface area contributed by atoms with E-state index >= 15 is 0 Å². The molecule has 5 nitrogen and oxygen atoms in total. The molecule has 5 heteroatoms. The summed E-state index contributed by atoms with van der Waals surface area (Å²) in [6, 6.07) is -0.378. The largest absolute Gasteiger partial charge is 0.476 e. The van der Waals surface area contributed by atoms with Crippen LogP contribution in [0.5, 0.6) is 0 Å². The predicted molar refractivity (Wildman–Crippen MR) is 40.8 cm³/mol. The first-order valence-electron chi connectivity index (χ1n) is 3.48. The van der Waals surface area contributed by atoms with Gasteiger partial charge in [-0.3, -0.25) is 0 Å². The number of aryl methyl sites for hydroxylation is 1. The molecule has 0 aliphatic heterocycles. The van der Waals surface area contributed by atoms with E-state index in [0.29, 0.717) is 0 Å². The van der Waals surface area contributed by atoms with E-state index in [2.05, 4.69) is 4.98 Å². The normalized spacial score (nSPS) is 12.9. The van der Waals surface area contributed by atoms with Crippen LogP contribution in [-0.4, -0.2) is 16.1 Å². The number of carboxylic acid groups (broad SMARTS) is 1. The molecule has 0 bridgehead atoms. The summed E-state index contributed by atoms with van der Waals surface area (Å²) in [7, 11) is 0. The number of hydrogen-bond acceptors (Lipinski definition) is 4. The van der Waals surface area contributed by atoms with E-state index in [9.17, 15) is 4.79 Å². The minimum absolute atomic E-state index is 0.0673. The van der Waals surface area contributed by atoms with Crippen LogP contribution in [0.25, 0.3) is 0 Å². The van der Waals surface area contributed by atoms with Gasteiger partial charge in [0, 0.05) is 0 Å². The standard InChI is InChI=1S/C7H10N2O3/c1-3(8)6-9-5(7(10)11)4(2)12-6/h3H,8H2,1-2H3,(H,10,11)/t3-/m1/s1. The maximum absolute atomic E-state index is 10.5. The molecular weight excluding hydrogens is 160 g/mol. The molecule has 1 rings (SSSR count). The summed E-state index contributed by atoms with van der Waals surface area (Å²) in [6.45, 7) is 3.22. The lowest BCUT2D eigenvalue weighted by molar-refractivity contribution is 0.0689. The molecule has 0 saturated carbocycles. The SMILES string of the molecule is Cc1oc([C@@H](C)N)nc1C(=O)O. The maximum Gasteiger partial charge on any atom is 0.358 e. The van der Waals surface area contributed by atoms with Crippen LogP contribution in [-0.2, 0) is 0 Å². The van der Waals surface area contributed by atoms with Gasteiger partial charge in [0.2, 0.25) is 5.89 Å². The number of rotatable bonds is 2. The molecule has 0 unspecified atom stereocenters. The van der Waals surface area contributed by atoms with Crippen LogP contribution < -0.4 is 5.73 Å². The van der Waals surface area contributed by atoms with Crippen LogP contribution >= 0.6 is 0 Å². The second-order valence-electron chi connectivity index (χ2n) is 2.55. The molecule has 1 atom stereocenters. The summed E-state index contributed by atoms with van der Waals surface area (Å²) in [5.41, 5.74) is 5.38. The first kappa shape index (κ1) is 8.73. The zero-order valence-corrected chi connectivity index (χ0v) is 6.87. The van der Waals surface area contributed by atoms with E-state index < -0.39 is 5.97 Å². The minimum atomic E-state index is -1.09. The second kappa shape index (κ2) is 2.94. The van der Waals surface area contributed by atoms with Crippen molar-refractivity contribution in [3.05, 3.63) is 17.3 Å². The van der Waals surface area contributed by atoms with E-state index in [1.165, 1.54) is 0 Å². The lowest BCUT2D eigenvalue weighted by Gasteiger charge is -1.94. The fourth-order valence-electron chi connectivity index (χ4n) is 0.810. The molecule has 3 N–H and O–H groups in total. The van der Waals surface area contributed by atoms with Crippen molar-refractivity contribution in [2.24, 2.45) is 5.73 Å². The first-order chi connectivity index (χ1) is 5.52. The predicted octanol–water partition coefficient (Wildman–Crippen LogP) is 0.701. The Morgan fingerprint density at radius 1 is 1.75 bits per heavy atom. The lowest BCUT2D eigenvalue weighted by atomic mass is 10.3. The number of hydrogen-bond donors (Lipinski definition) is 2. The Morgan fingerprint density at radius 3 is 2.58 bits per heavy atom. The number of carbonyl (C=O) groups is 1. The van der Waals surface area contributed by atoms with Gasteiger partial charge in [-0.2, -0.15) is 0 Å². The summed E-state index contributed by atoms with van der Waals surface area (Å²) in [4.78, 5) is 14.2. The van der Waals surface area contributed by atoms with Gasteiger partial charge in [-0.25, -0.2) is 9.78 Å². The van der Waals surface area contributed by atoms with Gasteiger partial charge >= 0.3 is 5.97 Å². The number of aromatic nitrogens is 1. The third-order valence-corrected chi connectivity index (χ3v) is 1.41. The van der Waals surface area contributed by atoms with Gasteiger partial charge in [-0.1, -0.05) is 0 Å². The highest BCUT2D eigenvalue weighted by molar-refractivity contribution is 5.86. The smallest absolute Gasteiger partial charge is 0.358 e. The highest BCUT2D eigenvalue weighted by atomic mass is 16.4. The van der Waals surface area contributed by atoms with Crippen molar-refractivity contribution in [3.8, 4) is 0 Å². The third kappa shape index (κ3) is 1.45. The molecule has 0 fully saturated rings. The molecule has 66 valence electrons. The molecule has 0 amide bonds. The van der Waals surface area contributed by atoms with Crippen molar-refractivity contribution in [3.63, 3.8) is 0 Å². The van der Waals surface area contributed by atoms with Crippen LogP contribution in [0.2, 0.25) is 0 Å².